The molecule has 9 heteroatoms. The third-order valence-corrected chi connectivity index (χ3v) is 3.74. The molecule has 29 heavy (non-hydrogen) atoms. The Kier molecular flexibility index (Phi) is 7.39. The summed E-state index contributed by atoms with van der Waals surface area (Å²) in [5.74, 6) is -1.46. The van der Waals surface area contributed by atoms with Crippen molar-refractivity contribution in [3.8, 4) is 0 Å². The molecule has 3 N–H and O–H groups in total. The summed E-state index contributed by atoms with van der Waals surface area (Å²) in [5, 5.41) is 8.73. The Labute approximate surface area is 172 Å². The zero-order valence-electron chi connectivity index (χ0n) is 16.2. The van der Waals surface area contributed by atoms with Gasteiger partial charge in [-0.05, 0) is 51.1 Å². The number of ether oxygens (including phenoxy) is 1. The van der Waals surface area contributed by atoms with Gasteiger partial charge < -0.3 is 25.5 Å². The lowest BCUT2D eigenvalue weighted by molar-refractivity contribution is -0.109. The lowest BCUT2D eigenvalue weighted by atomic mass is 10.2. The van der Waals surface area contributed by atoms with E-state index in [0.717, 1.165) is 18.2 Å². The normalized spacial score (nSPS) is 12.1. The number of hydrogen-bond acceptors (Lipinski definition) is 5. The fraction of sp³-hybridized carbons (Fsp3) is 0.300. The predicted molar refractivity (Wildman–Crippen MR) is 109 cm³/mol. The number of nitrogens with one attached hydrogen (secondary N) is 3. The van der Waals surface area contributed by atoms with Crippen molar-refractivity contribution in [3.63, 3.8) is 0 Å². The van der Waals surface area contributed by atoms with Gasteiger partial charge in [-0.15, -0.1) is 0 Å². The lowest BCUT2D eigenvalue weighted by Gasteiger charge is -2.22. The van der Waals surface area contributed by atoms with Crippen molar-refractivity contribution < 1.29 is 23.1 Å². The summed E-state index contributed by atoms with van der Waals surface area (Å²) >= 11 is 6.02. The van der Waals surface area contributed by atoms with Gasteiger partial charge in [0.05, 0.1) is 11.4 Å². The first kappa shape index (κ1) is 22.4. The third kappa shape index (κ3) is 7.57. The van der Waals surface area contributed by atoms with E-state index in [2.05, 4.69) is 16.0 Å². The number of benzene rings is 2. The Morgan fingerprint density at radius 2 is 1.79 bits per heavy atom. The molecule has 0 radical (unpaired) electrons. The topological polar surface area (TPSA) is 79.5 Å². The van der Waals surface area contributed by atoms with Crippen molar-refractivity contribution in [2.24, 2.45) is 0 Å². The number of carbonyl (C=O) groups excluding carboxylic acids is 2. The number of alkyl carbamates (subject to hydrolysis) is 1. The summed E-state index contributed by atoms with van der Waals surface area (Å²) in [6.07, 6.45) is -0.150. The minimum atomic E-state index is -0.861. The number of amides is 1. The molecule has 0 aliphatic carbocycles. The van der Waals surface area contributed by atoms with Gasteiger partial charge in [0.15, 0.2) is 0 Å². The van der Waals surface area contributed by atoms with Gasteiger partial charge in [0.25, 0.3) is 0 Å². The average Bonchev–Trinajstić information content (AvgIpc) is 2.57. The smallest absolute Gasteiger partial charge is 0.408 e. The van der Waals surface area contributed by atoms with Crippen molar-refractivity contribution in [1.82, 2.24) is 5.32 Å². The highest BCUT2D eigenvalue weighted by atomic mass is 35.5. The highest BCUT2D eigenvalue weighted by Gasteiger charge is 2.19. The molecule has 1 unspecified atom stereocenters. The van der Waals surface area contributed by atoms with E-state index in [1.807, 2.05) is 0 Å². The molecule has 0 saturated carbocycles. The molecule has 0 fully saturated rings. The zero-order valence-corrected chi connectivity index (χ0v) is 16.9. The van der Waals surface area contributed by atoms with Gasteiger partial charge in [0, 0.05) is 23.3 Å². The van der Waals surface area contributed by atoms with Crippen LogP contribution in [-0.4, -0.2) is 30.6 Å². The number of hydrogen-bond donors (Lipinski definition) is 3. The fourth-order valence-electron chi connectivity index (χ4n) is 2.37. The molecule has 156 valence electrons. The quantitative estimate of drug-likeness (QED) is 0.552. The number of aldehydes is 1. The van der Waals surface area contributed by atoms with Gasteiger partial charge in [-0.1, -0.05) is 11.6 Å². The maximum atomic E-state index is 13.4. The van der Waals surface area contributed by atoms with Gasteiger partial charge >= 0.3 is 6.09 Å². The van der Waals surface area contributed by atoms with Crippen LogP contribution in [-0.2, 0) is 9.53 Å². The van der Waals surface area contributed by atoms with Crippen molar-refractivity contribution in [2.75, 3.05) is 17.2 Å². The zero-order chi connectivity index (χ0) is 21.6. The number of halogens is 3. The molecular weight excluding hydrogens is 404 g/mol. The SMILES string of the molecule is CC(C)(C)OC(=O)NC(C=O)CNc1ccc(Cl)cc1Nc1cc(F)cc(F)c1. The molecule has 0 saturated heterocycles. The monoisotopic (exact) mass is 425 g/mol. The largest absolute Gasteiger partial charge is 0.444 e. The molecule has 0 aliphatic rings. The van der Waals surface area contributed by atoms with E-state index in [1.54, 1.807) is 39.0 Å². The minimum Gasteiger partial charge on any atom is -0.444 e. The first-order chi connectivity index (χ1) is 13.6. The second-order valence-electron chi connectivity index (χ2n) is 7.24. The Bertz CT molecular complexity index is 868. The van der Waals surface area contributed by atoms with E-state index in [4.69, 9.17) is 16.3 Å². The summed E-state index contributed by atoms with van der Waals surface area (Å²) in [4.78, 5) is 23.1. The molecule has 0 spiro atoms. The highest BCUT2D eigenvalue weighted by molar-refractivity contribution is 6.31. The molecule has 0 aliphatic heterocycles. The molecular formula is C20H22ClF2N3O3. The average molecular weight is 426 g/mol. The number of rotatable bonds is 7. The molecule has 0 aromatic heterocycles. The van der Waals surface area contributed by atoms with Gasteiger partial charge in [-0.3, -0.25) is 0 Å². The Morgan fingerprint density at radius 3 is 2.38 bits per heavy atom. The maximum Gasteiger partial charge on any atom is 0.408 e. The van der Waals surface area contributed by atoms with Crippen LogP contribution in [0.3, 0.4) is 0 Å². The van der Waals surface area contributed by atoms with Gasteiger partial charge in [-0.2, -0.15) is 0 Å². The van der Waals surface area contributed by atoms with E-state index in [0.29, 0.717) is 22.7 Å². The summed E-state index contributed by atoms with van der Waals surface area (Å²) in [6.45, 7) is 5.18. The molecule has 6 nitrogen and oxygen atoms in total. The van der Waals surface area contributed by atoms with Crippen molar-refractivity contribution >= 4 is 41.0 Å². The van der Waals surface area contributed by atoms with E-state index < -0.39 is 29.4 Å². The Morgan fingerprint density at radius 1 is 1.14 bits per heavy atom. The van der Waals surface area contributed by atoms with Gasteiger partial charge in [0.2, 0.25) is 0 Å². The first-order valence-electron chi connectivity index (χ1n) is 8.77. The molecule has 0 bridgehead atoms. The summed E-state index contributed by atoms with van der Waals surface area (Å²) in [6, 6.07) is 6.97. The van der Waals surface area contributed by atoms with Crippen LogP contribution in [0, 0.1) is 11.6 Å². The van der Waals surface area contributed by atoms with Crippen molar-refractivity contribution in [2.45, 2.75) is 32.4 Å². The van der Waals surface area contributed by atoms with Crippen molar-refractivity contribution in [3.05, 3.63) is 53.1 Å². The van der Waals surface area contributed by atoms with Gasteiger partial charge in [0.1, 0.15) is 29.6 Å². The lowest BCUT2D eigenvalue weighted by Crippen LogP contribution is -2.43. The first-order valence-corrected chi connectivity index (χ1v) is 9.15. The van der Waals surface area contributed by atoms with Crippen LogP contribution in [0.4, 0.5) is 30.6 Å². The van der Waals surface area contributed by atoms with Gasteiger partial charge in [-0.25, -0.2) is 13.6 Å². The maximum absolute atomic E-state index is 13.4. The minimum absolute atomic E-state index is 0.0521. The molecule has 2 aromatic carbocycles. The van der Waals surface area contributed by atoms with Crippen LogP contribution in [0.25, 0.3) is 0 Å². The van der Waals surface area contributed by atoms with E-state index in [1.165, 1.54) is 0 Å². The van der Waals surface area contributed by atoms with Crippen LogP contribution < -0.4 is 16.0 Å². The third-order valence-electron chi connectivity index (χ3n) is 3.50. The van der Waals surface area contributed by atoms with Crippen LogP contribution in [0.15, 0.2) is 36.4 Å². The van der Waals surface area contributed by atoms with Crippen LogP contribution >= 0.6 is 11.6 Å². The van der Waals surface area contributed by atoms with E-state index >= 15 is 0 Å². The molecule has 1 atom stereocenters. The Balaban J connectivity index is 2.10. The standard InChI is InChI=1S/C20H22ClF2N3O3/c1-20(2,3)29-19(28)26-16(11-27)10-24-17-5-4-12(21)6-18(17)25-15-8-13(22)7-14(23)9-15/h4-9,11,16,24-25H,10H2,1-3H3,(H,26,28). The summed E-state index contributed by atoms with van der Waals surface area (Å²) < 4.78 is 32.0. The van der Waals surface area contributed by atoms with Crippen molar-refractivity contribution in [1.29, 1.82) is 0 Å². The molecule has 2 rings (SSSR count). The van der Waals surface area contributed by atoms with E-state index in [9.17, 15) is 18.4 Å². The Hall–Kier alpha value is -2.87. The highest BCUT2D eigenvalue weighted by Crippen LogP contribution is 2.29. The number of carbonyl (C=O) groups is 2. The van der Waals surface area contributed by atoms with E-state index in [-0.39, 0.29) is 12.2 Å². The number of anilines is 3. The van der Waals surface area contributed by atoms with Crippen LogP contribution in [0.1, 0.15) is 20.8 Å². The fourth-order valence-corrected chi connectivity index (χ4v) is 2.54. The second kappa shape index (κ2) is 9.56. The molecule has 0 heterocycles. The summed E-state index contributed by atoms with van der Waals surface area (Å²) in [5.41, 5.74) is 0.436. The second-order valence-corrected chi connectivity index (χ2v) is 7.68. The van der Waals surface area contributed by atoms with Crippen LogP contribution in [0.2, 0.25) is 5.02 Å². The summed E-state index contributed by atoms with van der Waals surface area (Å²) in [7, 11) is 0. The molecule has 2 aromatic rings. The molecule has 1 amide bonds. The predicted octanol–water partition coefficient (Wildman–Crippen LogP) is 4.87. The van der Waals surface area contributed by atoms with Crippen LogP contribution in [0.5, 0.6) is 0 Å².